The number of benzene rings is 2. The van der Waals surface area contributed by atoms with E-state index in [0.717, 1.165) is 18.7 Å². The molecule has 0 spiro atoms. The zero-order valence-electron chi connectivity index (χ0n) is 16.8. The standard InChI is InChI=1S/C23H28N2O4/c1-2-28-22(26)20-13-14-25(15-18-9-5-3-6-10-18)16-21(20)24-23(27)29-17-19-11-7-4-8-12-19/h3-12,20-21H,2,13-17H2,1H3,(H,24,27)/t20-,21+/m1/s1. The van der Waals surface area contributed by atoms with Gasteiger partial charge in [-0.15, -0.1) is 0 Å². The van der Waals surface area contributed by atoms with Crippen LogP contribution in [0, 0.1) is 5.92 Å². The number of ether oxygens (including phenoxy) is 2. The van der Waals surface area contributed by atoms with E-state index in [2.05, 4.69) is 22.3 Å². The number of alkyl carbamates (subject to hydrolysis) is 1. The van der Waals surface area contributed by atoms with Crippen molar-refractivity contribution in [3.63, 3.8) is 0 Å². The summed E-state index contributed by atoms with van der Waals surface area (Å²) in [5.74, 6) is -0.633. The molecule has 1 aliphatic heterocycles. The van der Waals surface area contributed by atoms with Gasteiger partial charge in [0.2, 0.25) is 0 Å². The van der Waals surface area contributed by atoms with Gasteiger partial charge < -0.3 is 14.8 Å². The molecule has 0 aliphatic carbocycles. The lowest BCUT2D eigenvalue weighted by molar-refractivity contribution is -0.150. The average Bonchev–Trinajstić information content (AvgIpc) is 2.74. The van der Waals surface area contributed by atoms with Crippen molar-refractivity contribution in [2.45, 2.75) is 32.5 Å². The second kappa shape index (κ2) is 10.6. The number of rotatable bonds is 7. The lowest BCUT2D eigenvalue weighted by Crippen LogP contribution is -2.54. The molecular weight excluding hydrogens is 368 g/mol. The highest BCUT2D eigenvalue weighted by Crippen LogP contribution is 2.21. The summed E-state index contributed by atoms with van der Waals surface area (Å²) in [5.41, 5.74) is 2.12. The molecule has 3 rings (SSSR count). The van der Waals surface area contributed by atoms with Gasteiger partial charge in [-0.1, -0.05) is 60.7 Å². The minimum Gasteiger partial charge on any atom is -0.466 e. The number of hydrogen-bond donors (Lipinski definition) is 1. The lowest BCUT2D eigenvalue weighted by Gasteiger charge is -2.37. The van der Waals surface area contributed by atoms with Crippen molar-refractivity contribution in [1.82, 2.24) is 10.2 Å². The number of carbonyl (C=O) groups excluding carboxylic acids is 2. The molecular formula is C23H28N2O4. The van der Waals surface area contributed by atoms with E-state index in [1.54, 1.807) is 6.92 Å². The van der Waals surface area contributed by atoms with Gasteiger partial charge in [0.05, 0.1) is 18.6 Å². The number of piperidine rings is 1. The molecule has 2 aromatic rings. The smallest absolute Gasteiger partial charge is 0.407 e. The molecule has 6 heteroatoms. The third-order valence-corrected chi connectivity index (χ3v) is 5.05. The SMILES string of the molecule is CCOC(=O)[C@@H]1CCN(Cc2ccccc2)C[C@@H]1NC(=O)OCc1ccccc1. The van der Waals surface area contributed by atoms with Crippen molar-refractivity contribution in [1.29, 1.82) is 0 Å². The molecule has 1 amide bonds. The number of esters is 1. The fraction of sp³-hybridized carbons (Fsp3) is 0.391. The average molecular weight is 396 g/mol. The Hall–Kier alpha value is -2.86. The van der Waals surface area contributed by atoms with E-state index < -0.39 is 6.09 Å². The molecule has 0 saturated carbocycles. The largest absolute Gasteiger partial charge is 0.466 e. The van der Waals surface area contributed by atoms with Crippen LogP contribution < -0.4 is 5.32 Å². The number of nitrogens with one attached hydrogen (secondary N) is 1. The van der Waals surface area contributed by atoms with Gasteiger partial charge >= 0.3 is 12.1 Å². The van der Waals surface area contributed by atoms with Gasteiger partial charge in [-0.3, -0.25) is 9.69 Å². The van der Waals surface area contributed by atoms with E-state index >= 15 is 0 Å². The first kappa shape index (κ1) is 20.9. The predicted molar refractivity (Wildman–Crippen MR) is 110 cm³/mol. The third kappa shape index (κ3) is 6.32. The first-order valence-electron chi connectivity index (χ1n) is 10.1. The van der Waals surface area contributed by atoms with Crippen LogP contribution in [-0.2, 0) is 27.4 Å². The fourth-order valence-electron chi connectivity index (χ4n) is 3.60. The summed E-state index contributed by atoms with van der Waals surface area (Å²) in [6, 6.07) is 19.3. The molecule has 1 aliphatic rings. The van der Waals surface area contributed by atoms with Crippen molar-refractivity contribution >= 4 is 12.1 Å². The van der Waals surface area contributed by atoms with E-state index in [9.17, 15) is 9.59 Å². The Morgan fingerprint density at radius 3 is 2.31 bits per heavy atom. The Morgan fingerprint density at radius 2 is 1.66 bits per heavy atom. The van der Waals surface area contributed by atoms with Crippen molar-refractivity contribution in [3.8, 4) is 0 Å². The molecule has 1 fully saturated rings. The molecule has 1 N–H and O–H groups in total. The fourth-order valence-corrected chi connectivity index (χ4v) is 3.60. The molecule has 0 bridgehead atoms. The van der Waals surface area contributed by atoms with Gasteiger partial charge in [-0.25, -0.2) is 4.79 Å². The van der Waals surface area contributed by atoms with Crippen LogP contribution in [0.3, 0.4) is 0 Å². The van der Waals surface area contributed by atoms with Crippen LogP contribution in [-0.4, -0.2) is 42.7 Å². The summed E-state index contributed by atoms with van der Waals surface area (Å²) in [7, 11) is 0. The minimum atomic E-state index is -0.519. The first-order valence-corrected chi connectivity index (χ1v) is 10.1. The zero-order valence-corrected chi connectivity index (χ0v) is 16.8. The molecule has 1 heterocycles. The van der Waals surface area contributed by atoms with Gasteiger partial charge in [0.25, 0.3) is 0 Å². The van der Waals surface area contributed by atoms with Crippen molar-refractivity contribution < 1.29 is 19.1 Å². The number of amides is 1. The molecule has 0 unspecified atom stereocenters. The summed E-state index contributed by atoms with van der Waals surface area (Å²) in [6.07, 6.45) is 0.115. The lowest BCUT2D eigenvalue weighted by atomic mass is 9.91. The van der Waals surface area contributed by atoms with Gasteiger partial charge in [0.1, 0.15) is 6.61 Å². The maximum Gasteiger partial charge on any atom is 0.407 e. The van der Waals surface area contributed by atoms with Crippen LogP contribution in [0.25, 0.3) is 0 Å². The maximum absolute atomic E-state index is 12.4. The van der Waals surface area contributed by atoms with Gasteiger partial charge in [0.15, 0.2) is 0 Å². The highest BCUT2D eigenvalue weighted by molar-refractivity contribution is 5.75. The molecule has 1 saturated heterocycles. The zero-order chi connectivity index (χ0) is 20.5. The number of nitrogens with zero attached hydrogens (tertiary/aromatic N) is 1. The number of hydrogen-bond acceptors (Lipinski definition) is 5. The minimum absolute atomic E-state index is 0.192. The quantitative estimate of drug-likeness (QED) is 0.727. The summed E-state index contributed by atoms with van der Waals surface area (Å²) >= 11 is 0. The molecule has 2 atom stereocenters. The van der Waals surface area contributed by atoms with Crippen LogP contribution in [0.1, 0.15) is 24.5 Å². The van der Waals surface area contributed by atoms with Crippen LogP contribution in [0.2, 0.25) is 0 Å². The van der Waals surface area contributed by atoms with E-state index in [4.69, 9.17) is 9.47 Å². The summed E-state index contributed by atoms with van der Waals surface area (Å²) in [4.78, 5) is 27.0. The number of likely N-dealkylation sites (tertiary alicyclic amines) is 1. The Labute approximate surface area is 171 Å². The van der Waals surface area contributed by atoms with Gasteiger partial charge in [-0.05, 0) is 31.0 Å². The normalized spacial score (nSPS) is 19.3. The molecule has 29 heavy (non-hydrogen) atoms. The molecule has 2 aromatic carbocycles. The summed E-state index contributed by atoms with van der Waals surface area (Å²) < 4.78 is 10.6. The van der Waals surface area contributed by atoms with E-state index in [0.29, 0.717) is 19.6 Å². The van der Waals surface area contributed by atoms with Crippen LogP contribution in [0.4, 0.5) is 4.79 Å². The monoisotopic (exact) mass is 396 g/mol. The van der Waals surface area contributed by atoms with Crippen molar-refractivity contribution in [3.05, 3.63) is 71.8 Å². The highest BCUT2D eigenvalue weighted by atomic mass is 16.5. The first-order chi connectivity index (χ1) is 14.2. The Bertz CT molecular complexity index is 782. The Kier molecular flexibility index (Phi) is 7.64. The number of carbonyl (C=O) groups is 2. The second-order valence-corrected chi connectivity index (χ2v) is 7.18. The summed E-state index contributed by atoms with van der Waals surface area (Å²) in [5, 5.41) is 2.89. The maximum atomic E-state index is 12.4. The highest BCUT2D eigenvalue weighted by Gasteiger charge is 2.36. The third-order valence-electron chi connectivity index (χ3n) is 5.05. The predicted octanol–water partition coefficient (Wildman–Crippen LogP) is 3.37. The Balaban J connectivity index is 1.60. The van der Waals surface area contributed by atoms with Crippen LogP contribution >= 0.6 is 0 Å². The van der Waals surface area contributed by atoms with Crippen molar-refractivity contribution in [2.75, 3.05) is 19.7 Å². The molecule has 154 valence electrons. The Morgan fingerprint density at radius 1 is 1.00 bits per heavy atom. The van der Waals surface area contributed by atoms with Crippen molar-refractivity contribution in [2.24, 2.45) is 5.92 Å². The summed E-state index contributed by atoms with van der Waals surface area (Å²) in [6.45, 7) is 4.42. The van der Waals surface area contributed by atoms with E-state index in [-0.39, 0.29) is 24.5 Å². The topological polar surface area (TPSA) is 67.9 Å². The van der Waals surface area contributed by atoms with E-state index in [1.807, 2.05) is 48.5 Å². The molecule has 6 nitrogen and oxygen atoms in total. The van der Waals surface area contributed by atoms with Gasteiger partial charge in [-0.2, -0.15) is 0 Å². The second-order valence-electron chi connectivity index (χ2n) is 7.18. The molecule has 0 aromatic heterocycles. The van der Waals surface area contributed by atoms with E-state index in [1.165, 1.54) is 5.56 Å². The van der Waals surface area contributed by atoms with Gasteiger partial charge in [0, 0.05) is 13.1 Å². The van der Waals surface area contributed by atoms with Crippen LogP contribution in [0.15, 0.2) is 60.7 Å². The molecule has 0 radical (unpaired) electrons. The van der Waals surface area contributed by atoms with Crippen LogP contribution in [0.5, 0.6) is 0 Å².